The van der Waals surface area contributed by atoms with Crippen molar-refractivity contribution in [1.29, 1.82) is 0 Å². The highest BCUT2D eigenvalue weighted by Gasteiger charge is 2.51. The first-order chi connectivity index (χ1) is 11.4. The molecule has 0 N–H and O–H groups in total. The minimum Gasteiger partial charge on any atom is -0.478 e. The zero-order valence-electron chi connectivity index (χ0n) is 14.2. The number of rotatable bonds is 6. The molecular formula is C16H25N3O4S. The quantitative estimate of drug-likeness (QED) is 0.765. The Balaban J connectivity index is 1.47. The Morgan fingerprint density at radius 2 is 2.21 bits per heavy atom. The second-order valence-electron chi connectivity index (χ2n) is 6.75. The first kappa shape index (κ1) is 17.6. The molecule has 8 heteroatoms. The summed E-state index contributed by atoms with van der Waals surface area (Å²) in [4.78, 5) is 4.15. The molecule has 2 fully saturated rings. The Hall–Kier alpha value is -1.22. The average Bonchev–Trinajstić information content (AvgIpc) is 2.53. The summed E-state index contributed by atoms with van der Waals surface area (Å²) >= 11 is 0. The van der Waals surface area contributed by atoms with Gasteiger partial charge in [-0.1, -0.05) is 6.07 Å². The minimum absolute atomic E-state index is 0.309. The SMILES string of the molecule is CN(C)S(=O)(=O)N1CC2(C[C@H](CCOc3ccccn3)CCO2)C1. The van der Waals surface area contributed by atoms with Crippen LogP contribution in [0.15, 0.2) is 24.4 Å². The number of hydrogen-bond donors (Lipinski definition) is 0. The predicted octanol–water partition coefficient (Wildman–Crippen LogP) is 1.14. The zero-order chi connectivity index (χ0) is 17.2. The fourth-order valence-electron chi connectivity index (χ4n) is 3.35. The number of pyridine rings is 1. The molecule has 0 unspecified atom stereocenters. The zero-order valence-corrected chi connectivity index (χ0v) is 15.0. The van der Waals surface area contributed by atoms with Gasteiger partial charge in [0.05, 0.1) is 12.2 Å². The number of hydrogen-bond acceptors (Lipinski definition) is 5. The highest BCUT2D eigenvalue weighted by molar-refractivity contribution is 7.86. The van der Waals surface area contributed by atoms with Crippen molar-refractivity contribution in [3.63, 3.8) is 0 Å². The molecule has 3 rings (SSSR count). The van der Waals surface area contributed by atoms with Crippen LogP contribution in [-0.4, -0.2) is 68.0 Å². The van der Waals surface area contributed by atoms with Gasteiger partial charge in [-0.3, -0.25) is 0 Å². The van der Waals surface area contributed by atoms with Crippen LogP contribution in [0.4, 0.5) is 0 Å². The highest BCUT2D eigenvalue weighted by Crippen LogP contribution is 2.39. The van der Waals surface area contributed by atoms with E-state index in [-0.39, 0.29) is 5.60 Å². The third-order valence-corrected chi connectivity index (χ3v) is 6.56. The lowest BCUT2D eigenvalue weighted by Gasteiger charge is -2.52. The molecule has 0 aliphatic carbocycles. The maximum atomic E-state index is 12.1. The lowest BCUT2D eigenvalue weighted by Crippen LogP contribution is -2.67. The molecule has 1 aromatic heterocycles. The molecule has 2 saturated heterocycles. The average molecular weight is 355 g/mol. The van der Waals surface area contributed by atoms with Gasteiger partial charge in [-0.15, -0.1) is 0 Å². The van der Waals surface area contributed by atoms with Crippen molar-refractivity contribution in [3.8, 4) is 5.88 Å². The Labute approximate surface area is 143 Å². The van der Waals surface area contributed by atoms with Gasteiger partial charge >= 0.3 is 0 Å². The van der Waals surface area contributed by atoms with Crippen LogP contribution < -0.4 is 4.74 Å². The van der Waals surface area contributed by atoms with E-state index in [0.29, 0.717) is 38.1 Å². The first-order valence-electron chi connectivity index (χ1n) is 8.27. The van der Waals surface area contributed by atoms with Crippen molar-refractivity contribution in [2.45, 2.75) is 24.9 Å². The van der Waals surface area contributed by atoms with Crippen molar-refractivity contribution in [1.82, 2.24) is 13.6 Å². The molecule has 7 nitrogen and oxygen atoms in total. The fourth-order valence-corrected chi connectivity index (χ4v) is 4.61. The molecule has 0 saturated carbocycles. The van der Waals surface area contributed by atoms with Crippen LogP contribution in [0.5, 0.6) is 5.88 Å². The third-order valence-electron chi connectivity index (χ3n) is 4.73. The van der Waals surface area contributed by atoms with Crippen molar-refractivity contribution >= 4 is 10.2 Å². The molecule has 0 amide bonds. The Kier molecular flexibility index (Phi) is 5.10. The van der Waals surface area contributed by atoms with E-state index in [1.165, 1.54) is 8.61 Å². The molecule has 1 spiro atoms. The van der Waals surface area contributed by atoms with E-state index in [4.69, 9.17) is 9.47 Å². The summed E-state index contributed by atoms with van der Waals surface area (Å²) in [6, 6.07) is 5.61. The van der Waals surface area contributed by atoms with Gasteiger partial charge in [0.25, 0.3) is 10.2 Å². The van der Waals surface area contributed by atoms with E-state index in [1.54, 1.807) is 20.3 Å². The molecular weight excluding hydrogens is 330 g/mol. The summed E-state index contributed by atoms with van der Waals surface area (Å²) in [6.07, 6.45) is 4.53. The Morgan fingerprint density at radius 3 is 2.88 bits per heavy atom. The van der Waals surface area contributed by atoms with Gasteiger partial charge in [-0.2, -0.15) is 17.0 Å². The molecule has 24 heavy (non-hydrogen) atoms. The van der Waals surface area contributed by atoms with Crippen LogP contribution in [0, 0.1) is 5.92 Å². The van der Waals surface area contributed by atoms with Crippen LogP contribution in [0.1, 0.15) is 19.3 Å². The lowest BCUT2D eigenvalue weighted by molar-refractivity contribution is -0.157. The Bertz CT molecular complexity index is 645. The normalized spacial score (nSPS) is 24.0. The van der Waals surface area contributed by atoms with E-state index >= 15 is 0 Å². The highest BCUT2D eigenvalue weighted by atomic mass is 32.2. The van der Waals surface area contributed by atoms with Crippen molar-refractivity contribution in [2.24, 2.45) is 5.92 Å². The summed E-state index contributed by atoms with van der Waals surface area (Å²) in [5.74, 6) is 1.14. The predicted molar refractivity (Wildman–Crippen MR) is 89.9 cm³/mol. The van der Waals surface area contributed by atoms with Crippen LogP contribution in [0.2, 0.25) is 0 Å². The second kappa shape index (κ2) is 6.95. The summed E-state index contributed by atoms with van der Waals surface area (Å²) in [6.45, 7) is 2.21. The smallest absolute Gasteiger partial charge is 0.281 e. The van der Waals surface area contributed by atoms with Crippen LogP contribution in [0.25, 0.3) is 0 Å². The molecule has 3 heterocycles. The van der Waals surface area contributed by atoms with Crippen molar-refractivity contribution < 1.29 is 17.9 Å². The summed E-state index contributed by atoms with van der Waals surface area (Å²) in [5, 5.41) is 0. The molecule has 134 valence electrons. The molecule has 0 radical (unpaired) electrons. The van der Waals surface area contributed by atoms with E-state index < -0.39 is 10.2 Å². The van der Waals surface area contributed by atoms with Gasteiger partial charge in [0, 0.05) is 46.1 Å². The van der Waals surface area contributed by atoms with Gasteiger partial charge in [0.2, 0.25) is 5.88 Å². The number of ether oxygens (including phenoxy) is 2. The van der Waals surface area contributed by atoms with Crippen LogP contribution in [-0.2, 0) is 14.9 Å². The van der Waals surface area contributed by atoms with Crippen molar-refractivity contribution in [2.75, 3.05) is 40.4 Å². The second-order valence-corrected chi connectivity index (χ2v) is 8.90. The van der Waals surface area contributed by atoms with Gasteiger partial charge < -0.3 is 9.47 Å². The molecule has 2 aliphatic heterocycles. The Morgan fingerprint density at radius 1 is 1.42 bits per heavy atom. The monoisotopic (exact) mass is 355 g/mol. The van der Waals surface area contributed by atoms with Gasteiger partial charge in [0.1, 0.15) is 0 Å². The molecule has 1 aromatic rings. The molecule has 0 bridgehead atoms. The number of aromatic nitrogens is 1. The summed E-state index contributed by atoms with van der Waals surface area (Å²) in [5.41, 5.74) is -0.309. The molecule has 0 aromatic carbocycles. The minimum atomic E-state index is -3.33. The van der Waals surface area contributed by atoms with E-state index in [9.17, 15) is 8.42 Å². The maximum Gasteiger partial charge on any atom is 0.281 e. The maximum absolute atomic E-state index is 12.1. The third kappa shape index (κ3) is 3.72. The van der Waals surface area contributed by atoms with Crippen molar-refractivity contribution in [3.05, 3.63) is 24.4 Å². The summed E-state index contributed by atoms with van der Waals surface area (Å²) in [7, 11) is -0.222. The van der Waals surface area contributed by atoms with E-state index in [0.717, 1.165) is 19.3 Å². The number of nitrogens with zero attached hydrogens (tertiary/aromatic N) is 3. The largest absolute Gasteiger partial charge is 0.478 e. The van der Waals surface area contributed by atoms with Gasteiger partial charge in [0.15, 0.2) is 0 Å². The van der Waals surface area contributed by atoms with E-state index in [1.807, 2.05) is 18.2 Å². The van der Waals surface area contributed by atoms with Gasteiger partial charge in [-0.25, -0.2) is 4.98 Å². The topological polar surface area (TPSA) is 72.0 Å². The molecule has 2 aliphatic rings. The lowest BCUT2D eigenvalue weighted by atomic mass is 9.80. The summed E-state index contributed by atoms with van der Waals surface area (Å²) < 4.78 is 38.6. The van der Waals surface area contributed by atoms with Crippen LogP contribution in [0.3, 0.4) is 0 Å². The standard InChI is InChI=1S/C16H25N3O4S/c1-18(2)24(20,21)19-12-16(13-19)11-14(7-10-23-16)6-9-22-15-5-3-4-8-17-15/h3-5,8,14H,6-7,9-13H2,1-2H3/t14-/m1/s1. The van der Waals surface area contributed by atoms with Gasteiger partial charge in [-0.05, 0) is 31.2 Å². The van der Waals surface area contributed by atoms with Crippen LogP contribution >= 0.6 is 0 Å². The van der Waals surface area contributed by atoms with E-state index in [2.05, 4.69) is 4.98 Å². The fraction of sp³-hybridized carbons (Fsp3) is 0.688. The molecule has 1 atom stereocenters. The first-order valence-corrected chi connectivity index (χ1v) is 9.66.